The SMILES string of the molecule is COc1ccccc1C(C)N(C)C(=O)C1CC(OC)CN1. The van der Waals surface area contributed by atoms with Crippen LogP contribution in [0, 0.1) is 0 Å². The first-order valence-electron chi connectivity index (χ1n) is 7.24. The second kappa shape index (κ2) is 6.91. The average molecular weight is 292 g/mol. The molecule has 21 heavy (non-hydrogen) atoms. The van der Waals surface area contributed by atoms with Crippen molar-refractivity contribution in [2.75, 3.05) is 27.8 Å². The Morgan fingerprint density at radius 2 is 2.10 bits per heavy atom. The Morgan fingerprint density at radius 3 is 2.71 bits per heavy atom. The van der Waals surface area contributed by atoms with Crippen molar-refractivity contribution >= 4 is 5.91 Å². The normalized spacial score (nSPS) is 22.9. The van der Waals surface area contributed by atoms with Crippen molar-refractivity contribution in [2.45, 2.75) is 31.5 Å². The third-order valence-corrected chi connectivity index (χ3v) is 4.24. The zero-order valence-electron chi connectivity index (χ0n) is 13.1. The van der Waals surface area contributed by atoms with Gasteiger partial charge in [0.25, 0.3) is 0 Å². The van der Waals surface area contributed by atoms with Crippen LogP contribution in [0.5, 0.6) is 5.75 Å². The molecule has 1 aromatic rings. The number of methoxy groups -OCH3 is 2. The Labute approximate surface area is 126 Å². The van der Waals surface area contributed by atoms with Gasteiger partial charge in [0.05, 0.1) is 25.3 Å². The van der Waals surface area contributed by atoms with E-state index in [0.717, 1.165) is 24.3 Å². The molecule has 1 N–H and O–H groups in total. The molecule has 0 radical (unpaired) electrons. The number of rotatable bonds is 5. The molecule has 3 unspecified atom stereocenters. The lowest BCUT2D eigenvalue weighted by molar-refractivity contribution is -0.133. The van der Waals surface area contributed by atoms with Gasteiger partial charge in [-0.3, -0.25) is 4.79 Å². The molecular formula is C16H24N2O3. The largest absolute Gasteiger partial charge is 0.496 e. The van der Waals surface area contributed by atoms with E-state index in [1.165, 1.54) is 0 Å². The third kappa shape index (κ3) is 3.36. The summed E-state index contributed by atoms with van der Waals surface area (Å²) < 4.78 is 10.7. The zero-order chi connectivity index (χ0) is 15.4. The number of nitrogens with one attached hydrogen (secondary N) is 1. The van der Waals surface area contributed by atoms with E-state index >= 15 is 0 Å². The van der Waals surface area contributed by atoms with Crippen LogP contribution in [0.3, 0.4) is 0 Å². The van der Waals surface area contributed by atoms with Crippen molar-refractivity contribution in [1.82, 2.24) is 10.2 Å². The number of ether oxygens (including phenoxy) is 2. The van der Waals surface area contributed by atoms with E-state index in [-0.39, 0.29) is 24.1 Å². The number of carbonyl (C=O) groups excluding carboxylic acids is 1. The van der Waals surface area contributed by atoms with Gasteiger partial charge >= 0.3 is 0 Å². The van der Waals surface area contributed by atoms with Gasteiger partial charge in [-0.25, -0.2) is 0 Å². The van der Waals surface area contributed by atoms with E-state index in [1.54, 1.807) is 19.1 Å². The standard InChI is InChI=1S/C16H24N2O3/c1-11(13-7-5-6-8-15(13)21-4)18(2)16(19)14-9-12(20-3)10-17-14/h5-8,11-12,14,17H,9-10H2,1-4H3. The molecule has 0 spiro atoms. The number of hydrogen-bond acceptors (Lipinski definition) is 4. The lowest BCUT2D eigenvalue weighted by Crippen LogP contribution is -2.42. The van der Waals surface area contributed by atoms with Gasteiger partial charge in [0.2, 0.25) is 5.91 Å². The number of hydrogen-bond donors (Lipinski definition) is 1. The second-order valence-electron chi connectivity index (χ2n) is 5.42. The van der Waals surface area contributed by atoms with Crippen LogP contribution in [0.15, 0.2) is 24.3 Å². The third-order valence-electron chi connectivity index (χ3n) is 4.24. The van der Waals surface area contributed by atoms with E-state index in [1.807, 2.05) is 38.2 Å². The van der Waals surface area contributed by atoms with Crippen LogP contribution in [-0.2, 0) is 9.53 Å². The van der Waals surface area contributed by atoms with Crippen molar-refractivity contribution in [2.24, 2.45) is 0 Å². The zero-order valence-corrected chi connectivity index (χ0v) is 13.1. The molecule has 1 aliphatic heterocycles. The van der Waals surface area contributed by atoms with Gasteiger partial charge in [-0.2, -0.15) is 0 Å². The highest BCUT2D eigenvalue weighted by Gasteiger charge is 2.33. The van der Waals surface area contributed by atoms with E-state index in [4.69, 9.17) is 9.47 Å². The summed E-state index contributed by atoms with van der Waals surface area (Å²) in [7, 11) is 5.16. The number of carbonyl (C=O) groups is 1. The number of para-hydroxylation sites is 1. The smallest absolute Gasteiger partial charge is 0.240 e. The highest BCUT2D eigenvalue weighted by molar-refractivity contribution is 5.82. The lowest BCUT2D eigenvalue weighted by atomic mass is 10.0. The van der Waals surface area contributed by atoms with Crippen molar-refractivity contribution in [3.63, 3.8) is 0 Å². The fourth-order valence-electron chi connectivity index (χ4n) is 2.73. The minimum absolute atomic E-state index is 0.0444. The molecule has 1 amide bonds. The molecule has 0 aliphatic carbocycles. The molecule has 1 aliphatic rings. The molecule has 3 atom stereocenters. The number of benzene rings is 1. The molecule has 0 saturated carbocycles. The molecule has 1 heterocycles. The summed E-state index contributed by atoms with van der Waals surface area (Å²) in [6.45, 7) is 2.74. The summed E-state index contributed by atoms with van der Waals surface area (Å²) in [5, 5.41) is 3.23. The predicted octanol–water partition coefficient (Wildman–Crippen LogP) is 1.59. The summed E-state index contributed by atoms with van der Waals surface area (Å²) in [4.78, 5) is 14.4. The summed E-state index contributed by atoms with van der Waals surface area (Å²) >= 11 is 0. The van der Waals surface area contributed by atoms with Gasteiger partial charge in [0.1, 0.15) is 5.75 Å². The van der Waals surface area contributed by atoms with Gasteiger partial charge in [0, 0.05) is 26.3 Å². The predicted molar refractivity (Wildman–Crippen MR) is 81.4 cm³/mol. The molecule has 0 bridgehead atoms. The molecule has 0 aromatic heterocycles. The van der Waals surface area contributed by atoms with Crippen LogP contribution >= 0.6 is 0 Å². The van der Waals surface area contributed by atoms with Crippen molar-refractivity contribution < 1.29 is 14.3 Å². The first kappa shape index (κ1) is 15.8. The number of nitrogens with zero attached hydrogens (tertiary/aromatic N) is 1. The van der Waals surface area contributed by atoms with Crippen LogP contribution < -0.4 is 10.1 Å². The van der Waals surface area contributed by atoms with Gasteiger partial charge in [-0.15, -0.1) is 0 Å². The molecule has 116 valence electrons. The monoisotopic (exact) mass is 292 g/mol. The maximum atomic E-state index is 12.6. The molecule has 1 aromatic carbocycles. The maximum absolute atomic E-state index is 12.6. The summed E-state index contributed by atoms with van der Waals surface area (Å²) in [6, 6.07) is 7.58. The fraction of sp³-hybridized carbons (Fsp3) is 0.562. The molecule has 2 rings (SSSR count). The van der Waals surface area contributed by atoms with E-state index < -0.39 is 0 Å². The summed E-state index contributed by atoms with van der Waals surface area (Å²) in [5.74, 6) is 0.895. The second-order valence-corrected chi connectivity index (χ2v) is 5.42. The van der Waals surface area contributed by atoms with Crippen molar-refractivity contribution in [3.05, 3.63) is 29.8 Å². The molecule has 1 fully saturated rings. The van der Waals surface area contributed by atoms with Crippen LogP contribution in [-0.4, -0.2) is 50.8 Å². The topological polar surface area (TPSA) is 50.8 Å². The van der Waals surface area contributed by atoms with Gasteiger partial charge in [-0.1, -0.05) is 18.2 Å². The Hall–Kier alpha value is -1.59. The van der Waals surface area contributed by atoms with E-state index in [0.29, 0.717) is 0 Å². The Kier molecular flexibility index (Phi) is 5.20. The average Bonchev–Trinajstić information content (AvgIpc) is 3.01. The summed E-state index contributed by atoms with van der Waals surface area (Å²) in [5.41, 5.74) is 1.01. The van der Waals surface area contributed by atoms with E-state index in [2.05, 4.69) is 5.32 Å². The highest BCUT2D eigenvalue weighted by Crippen LogP contribution is 2.29. The molecule has 1 saturated heterocycles. The van der Waals surface area contributed by atoms with Gasteiger partial charge in [0.15, 0.2) is 0 Å². The minimum Gasteiger partial charge on any atom is -0.496 e. The van der Waals surface area contributed by atoms with Crippen LogP contribution in [0.25, 0.3) is 0 Å². The summed E-state index contributed by atoms with van der Waals surface area (Å²) in [6.07, 6.45) is 0.840. The Morgan fingerprint density at radius 1 is 1.38 bits per heavy atom. The quantitative estimate of drug-likeness (QED) is 0.895. The lowest BCUT2D eigenvalue weighted by Gasteiger charge is -2.28. The molecular weight excluding hydrogens is 268 g/mol. The fourth-order valence-corrected chi connectivity index (χ4v) is 2.73. The van der Waals surface area contributed by atoms with E-state index in [9.17, 15) is 4.79 Å². The first-order chi connectivity index (χ1) is 10.1. The highest BCUT2D eigenvalue weighted by atomic mass is 16.5. The Bertz CT molecular complexity index is 492. The van der Waals surface area contributed by atoms with Gasteiger partial charge < -0.3 is 19.7 Å². The first-order valence-corrected chi connectivity index (χ1v) is 7.24. The van der Waals surface area contributed by atoms with Crippen LogP contribution in [0.1, 0.15) is 24.9 Å². The van der Waals surface area contributed by atoms with Crippen LogP contribution in [0.4, 0.5) is 0 Å². The number of amides is 1. The number of likely N-dealkylation sites (N-methyl/N-ethyl adjacent to an activating group) is 1. The molecule has 5 nitrogen and oxygen atoms in total. The van der Waals surface area contributed by atoms with Crippen LogP contribution in [0.2, 0.25) is 0 Å². The van der Waals surface area contributed by atoms with Crippen molar-refractivity contribution in [1.29, 1.82) is 0 Å². The Balaban J connectivity index is 2.08. The van der Waals surface area contributed by atoms with Crippen molar-refractivity contribution in [3.8, 4) is 5.75 Å². The molecule has 5 heteroatoms. The maximum Gasteiger partial charge on any atom is 0.240 e. The van der Waals surface area contributed by atoms with Gasteiger partial charge in [-0.05, 0) is 19.4 Å². The minimum atomic E-state index is -0.169.